The van der Waals surface area contributed by atoms with E-state index in [9.17, 15) is 13.6 Å². The summed E-state index contributed by atoms with van der Waals surface area (Å²) in [4.78, 5) is 16.7. The van der Waals surface area contributed by atoms with Crippen LogP contribution in [0, 0.1) is 11.6 Å². The average molecular weight is 385 g/mol. The molecule has 7 heteroatoms. The molecule has 4 aromatic rings. The highest BCUT2D eigenvalue weighted by molar-refractivity contribution is 6.34. The van der Waals surface area contributed by atoms with Crippen molar-refractivity contribution in [3.05, 3.63) is 82.9 Å². The Morgan fingerprint density at radius 2 is 1.70 bits per heavy atom. The molecule has 0 fully saturated rings. The third kappa shape index (κ3) is 3.39. The molecule has 1 amide bonds. The molecule has 0 saturated carbocycles. The Hall–Kier alpha value is -3.25. The maximum absolute atomic E-state index is 13.4. The summed E-state index contributed by atoms with van der Waals surface area (Å²) >= 11 is 5.82. The summed E-state index contributed by atoms with van der Waals surface area (Å²) in [5.41, 5.74) is 2.46. The van der Waals surface area contributed by atoms with Crippen LogP contribution >= 0.6 is 11.6 Å². The first-order chi connectivity index (χ1) is 13.0. The number of benzene rings is 3. The SMILES string of the molecule is O=C(Nc1ccc(-c2nc3ccccc3o2)cc1)c1cc(F)c(F)cc1Cl. The fourth-order valence-electron chi connectivity index (χ4n) is 2.59. The molecule has 1 N–H and O–H groups in total. The molecule has 3 aromatic carbocycles. The lowest BCUT2D eigenvalue weighted by molar-refractivity contribution is 0.102. The van der Waals surface area contributed by atoms with Crippen LogP contribution in [0.5, 0.6) is 0 Å². The monoisotopic (exact) mass is 384 g/mol. The van der Waals surface area contributed by atoms with E-state index in [4.69, 9.17) is 16.0 Å². The molecule has 0 atom stereocenters. The smallest absolute Gasteiger partial charge is 0.257 e. The van der Waals surface area contributed by atoms with Gasteiger partial charge in [0.25, 0.3) is 5.91 Å². The van der Waals surface area contributed by atoms with Gasteiger partial charge in [0, 0.05) is 11.3 Å². The van der Waals surface area contributed by atoms with E-state index in [1.165, 1.54) is 0 Å². The first-order valence-electron chi connectivity index (χ1n) is 7.93. The molecule has 0 saturated heterocycles. The third-order valence-electron chi connectivity index (χ3n) is 3.94. The minimum Gasteiger partial charge on any atom is -0.436 e. The first-order valence-corrected chi connectivity index (χ1v) is 8.31. The Labute approximate surface area is 157 Å². The van der Waals surface area contributed by atoms with Gasteiger partial charge < -0.3 is 9.73 Å². The maximum Gasteiger partial charge on any atom is 0.257 e. The number of nitrogens with zero attached hydrogens (tertiary/aromatic N) is 1. The first kappa shape index (κ1) is 17.2. The van der Waals surface area contributed by atoms with Crippen molar-refractivity contribution in [1.82, 2.24) is 4.98 Å². The normalized spacial score (nSPS) is 10.9. The molecule has 0 unspecified atom stereocenters. The van der Waals surface area contributed by atoms with Crippen LogP contribution in [0.2, 0.25) is 5.02 Å². The molecular weight excluding hydrogens is 374 g/mol. The van der Waals surface area contributed by atoms with Crippen LogP contribution in [0.25, 0.3) is 22.6 Å². The van der Waals surface area contributed by atoms with Crippen LogP contribution in [0.15, 0.2) is 65.1 Å². The van der Waals surface area contributed by atoms with E-state index in [0.29, 0.717) is 17.2 Å². The van der Waals surface area contributed by atoms with Gasteiger partial charge in [-0.2, -0.15) is 0 Å². The predicted octanol–water partition coefficient (Wildman–Crippen LogP) is 5.68. The summed E-state index contributed by atoms with van der Waals surface area (Å²) in [7, 11) is 0. The number of halogens is 3. The second-order valence-electron chi connectivity index (χ2n) is 5.76. The Bertz CT molecular complexity index is 1120. The van der Waals surface area contributed by atoms with Crippen molar-refractivity contribution in [2.24, 2.45) is 0 Å². The van der Waals surface area contributed by atoms with E-state index >= 15 is 0 Å². The Morgan fingerprint density at radius 3 is 2.44 bits per heavy atom. The van der Waals surface area contributed by atoms with Crippen LogP contribution in [0.4, 0.5) is 14.5 Å². The zero-order valence-corrected chi connectivity index (χ0v) is 14.4. The number of hydrogen-bond acceptors (Lipinski definition) is 3. The predicted molar refractivity (Wildman–Crippen MR) is 98.8 cm³/mol. The van der Waals surface area contributed by atoms with Crippen molar-refractivity contribution in [3.63, 3.8) is 0 Å². The van der Waals surface area contributed by atoms with E-state index in [-0.39, 0.29) is 10.6 Å². The molecule has 0 aliphatic carbocycles. The van der Waals surface area contributed by atoms with E-state index in [1.54, 1.807) is 24.3 Å². The summed E-state index contributed by atoms with van der Waals surface area (Å²) in [6, 6.07) is 15.7. The van der Waals surface area contributed by atoms with Crippen molar-refractivity contribution in [2.75, 3.05) is 5.32 Å². The number of para-hydroxylation sites is 2. The lowest BCUT2D eigenvalue weighted by Gasteiger charge is -2.08. The maximum atomic E-state index is 13.4. The molecule has 4 nitrogen and oxygen atoms in total. The zero-order valence-electron chi connectivity index (χ0n) is 13.7. The van der Waals surface area contributed by atoms with Crippen LogP contribution < -0.4 is 5.32 Å². The molecule has 0 radical (unpaired) electrons. The Morgan fingerprint density at radius 1 is 1.00 bits per heavy atom. The van der Waals surface area contributed by atoms with Gasteiger partial charge in [-0.25, -0.2) is 13.8 Å². The average Bonchev–Trinajstić information content (AvgIpc) is 3.09. The van der Waals surface area contributed by atoms with Gasteiger partial charge in [0.05, 0.1) is 10.6 Å². The van der Waals surface area contributed by atoms with E-state index in [0.717, 1.165) is 23.2 Å². The molecule has 27 heavy (non-hydrogen) atoms. The van der Waals surface area contributed by atoms with Gasteiger partial charge in [0.15, 0.2) is 17.2 Å². The van der Waals surface area contributed by atoms with Crippen LogP contribution in [-0.2, 0) is 0 Å². The Balaban J connectivity index is 1.56. The molecule has 0 aliphatic rings. The third-order valence-corrected chi connectivity index (χ3v) is 4.25. The number of carbonyl (C=O) groups excluding carboxylic acids is 1. The standard InChI is InChI=1S/C20H11ClF2N2O2/c21-14-10-16(23)15(22)9-13(14)19(26)24-12-7-5-11(6-8-12)20-25-17-3-1-2-4-18(17)27-20/h1-10H,(H,24,26). The Kier molecular flexibility index (Phi) is 4.33. The quantitative estimate of drug-likeness (QED) is 0.462. The number of rotatable bonds is 3. The number of amides is 1. The minimum absolute atomic E-state index is 0.154. The van der Waals surface area contributed by atoms with Crippen molar-refractivity contribution in [2.45, 2.75) is 0 Å². The molecule has 0 spiro atoms. The largest absolute Gasteiger partial charge is 0.436 e. The minimum atomic E-state index is -1.14. The summed E-state index contributed by atoms with van der Waals surface area (Å²) in [5, 5.41) is 2.42. The van der Waals surface area contributed by atoms with Gasteiger partial charge in [-0.05, 0) is 48.5 Å². The molecule has 4 rings (SSSR count). The number of nitrogens with one attached hydrogen (secondary N) is 1. The second-order valence-corrected chi connectivity index (χ2v) is 6.17. The van der Waals surface area contributed by atoms with E-state index in [2.05, 4.69) is 10.3 Å². The number of carbonyl (C=O) groups is 1. The number of oxazole rings is 1. The molecule has 0 aliphatic heterocycles. The highest BCUT2D eigenvalue weighted by atomic mass is 35.5. The van der Waals surface area contributed by atoms with Gasteiger partial charge in [-0.1, -0.05) is 23.7 Å². The van der Waals surface area contributed by atoms with Crippen molar-refractivity contribution < 1.29 is 18.0 Å². The fraction of sp³-hybridized carbons (Fsp3) is 0. The van der Waals surface area contributed by atoms with Gasteiger partial charge in [0.2, 0.25) is 5.89 Å². The topological polar surface area (TPSA) is 55.1 Å². The van der Waals surface area contributed by atoms with Crippen molar-refractivity contribution >= 4 is 34.3 Å². The van der Waals surface area contributed by atoms with E-state index < -0.39 is 17.5 Å². The van der Waals surface area contributed by atoms with Crippen LogP contribution in [0.1, 0.15) is 10.4 Å². The van der Waals surface area contributed by atoms with Crippen molar-refractivity contribution in [3.8, 4) is 11.5 Å². The summed E-state index contributed by atoms with van der Waals surface area (Å²) in [5.74, 6) is -2.44. The molecule has 0 bridgehead atoms. The van der Waals surface area contributed by atoms with Gasteiger partial charge in [0.1, 0.15) is 5.52 Å². The van der Waals surface area contributed by atoms with Gasteiger partial charge >= 0.3 is 0 Å². The lowest BCUT2D eigenvalue weighted by Crippen LogP contribution is -2.13. The highest BCUT2D eigenvalue weighted by Gasteiger charge is 2.15. The summed E-state index contributed by atoms with van der Waals surface area (Å²) in [6.07, 6.45) is 0. The molecule has 1 heterocycles. The number of anilines is 1. The van der Waals surface area contributed by atoms with Gasteiger partial charge in [-0.15, -0.1) is 0 Å². The highest BCUT2D eigenvalue weighted by Crippen LogP contribution is 2.26. The van der Waals surface area contributed by atoms with Crippen LogP contribution in [-0.4, -0.2) is 10.9 Å². The second kappa shape index (κ2) is 6.81. The summed E-state index contributed by atoms with van der Waals surface area (Å²) in [6.45, 7) is 0. The molecular formula is C20H11ClF2N2O2. The van der Waals surface area contributed by atoms with Crippen LogP contribution in [0.3, 0.4) is 0 Å². The number of fused-ring (bicyclic) bond motifs is 1. The van der Waals surface area contributed by atoms with Gasteiger partial charge in [-0.3, -0.25) is 4.79 Å². The molecule has 1 aromatic heterocycles. The van der Waals surface area contributed by atoms with Crippen molar-refractivity contribution in [1.29, 1.82) is 0 Å². The number of aromatic nitrogens is 1. The number of hydrogen-bond donors (Lipinski definition) is 1. The lowest BCUT2D eigenvalue weighted by atomic mass is 10.1. The molecule has 134 valence electrons. The fourth-order valence-corrected chi connectivity index (χ4v) is 2.82. The zero-order chi connectivity index (χ0) is 19.0. The summed E-state index contributed by atoms with van der Waals surface area (Å²) < 4.78 is 32.2. The van der Waals surface area contributed by atoms with E-state index in [1.807, 2.05) is 24.3 Å².